The molecule has 1 amide bonds. The molecular formula is C24H34N4O2. The van der Waals surface area contributed by atoms with Crippen molar-refractivity contribution in [3.05, 3.63) is 47.3 Å². The molecule has 162 valence electrons. The van der Waals surface area contributed by atoms with Crippen molar-refractivity contribution < 1.29 is 9.53 Å². The highest BCUT2D eigenvalue weighted by Crippen LogP contribution is 2.27. The minimum absolute atomic E-state index is 0.00565. The highest BCUT2D eigenvalue weighted by molar-refractivity contribution is 5.78. The van der Waals surface area contributed by atoms with Crippen molar-refractivity contribution in [2.24, 2.45) is 5.92 Å². The molecule has 0 bridgehead atoms. The zero-order chi connectivity index (χ0) is 20.9. The van der Waals surface area contributed by atoms with Gasteiger partial charge in [0.2, 0.25) is 0 Å². The molecule has 30 heavy (non-hydrogen) atoms. The second-order valence-corrected chi connectivity index (χ2v) is 8.70. The maximum atomic E-state index is 12.6. The van der Waals surface area contributed by atoms with Gasteiger partial charge in [0.25, 0.3) is 5.91 Å². The number of hydrogen-bond donors (Lipinski definition) is 1. The zero-order valence-electron chi connectivity index (χ0n) is 18.3. The van der Waals surface area contributed by atoms with Gasteiger partial charge in [0, 0.05) is 44.0 Å². The van der Waals surface area contributed by atoms with E-state index in [1.165, 1.54) is 17.5 Å². The summed E-state index contributed by atoms with van der Waals surface area (Å²) in [5.41, 5.74) is 3.65. The third-order valence-corrected chi connectivity index (χ3v) is 6.53. The van der Waals surface area contributed by atoms with Crippen LogP contribution < -0.4 is 10.1 Å². The van der Waals surface area contributed by atoms with Crippen molar-refractivity contribution in [3.8, 4) is 5.75 Å². The molecule has 1 aromatic heterocycles. The molecule has 1 fully saturated rings. The predicted octanol–water partition coefficient (Wildman–Crippen LogP) is 3.32. The first-order valence-corrected chi connectivity index (χ1v) is 11.4. The Bertz CT molecular complexity index is 863. The van der Waals surface area contributed by atoms with Crippen LogP contribution in [-0.4, -0.2) is 46.3 Å². The number of carbonyl (C=O) groups is 1. The molecule has 1 aromatic carbocycles. The van der Waals surface area contributed by atoms with Crippen LogP contribution in [0.5, 0.6) is 5.75 Å². The van der Waals surface area contributed by atoms with E-state index in [0.717, 1.165) is 63.3 Å². The van der Waals surface area contributed by atoms with Crippen LogP contribution in [0, 0.1) is 12.8 Å². The summed E-state index contributed by atoms with van der Waals surface area (Å²) in [4.78, 5) is 15.1. The summed E-state index contributed by atoms with van der Waals surface area (Å²) < 4.78 is 7.87. The molecule has 2 aliphatic rings. The Morgan fingerprint density at radius 2 is 2.10 bits per heavy atom. The number of amides is 1. The van der Waals surface area contributed by atoms with Crippen LogP contribution in [0.2, 0.25) is 0 Å². The Balaban J connectivity index is 1.41. The first-order chi connectivity index (χ1) is 14.6. The quantitative estimate of drug-likeness (QED) is 0.843. The Morgan fingerprint density at radius 3 is 2.93 bits per heavy atom. The molecule has 4 rings (SSSR count). The smallest absolute Gasteiger partial charge is 0.258 e. The van der Waals surface area contributed by atoms with Crippen LogP contribution in [0.15, 0.2) is 30.5 Å². The second kappa shape index (κ2) is 9.65. The van der Waals surface area contributed by atoms with Crippen molar-refractivity contribution in [1.29, 1.82) is 0 Å². The molecule has 1 saturated heterocycles. The Morgan fingerprint density at radius 1 is 1.23 bits per heavy atom. The maximum Gasteiger partial charge on any atom is 0.258 e. The SMILES string of the molecule is CCn1cc(CN2CC[C@H]3NC(=O)COc4ccccc4CCCC[C@H]3C2)c(C)n1. The number of carbonyl (C=O) groups excluding carboxylic acids is 1. The molecule has 2 atom stereocenters. The largest absolute Gasteiger partial charge is 0.483 e. The molecule has 3 heterocycles. The summed E-state index contributed by atoms with van der Waals surface area (Å²) in [7, 11) is 0. The van der Waals surface area contributed by atoms with Gasteiger partial charge in [-0.25, -0.2) is 0 Å². The number of piperidine rings is 1. The maximum absolute atomic E-state index is 12.6. The van der Waals surface area contributed by atoms with E-state index in [1.807, 2.05) is 22.9 Å². The van der Waals surface area contributed by atoms with E-state index in [4.69, 9.17) is 4.74 Å². The topological polar surface area (TPSA) is 59.4 Å². The van der Waals surface area contributed by atoms with E-state index in [0.29, 0.717) is 5.92 Å². The van der Waals surface area contributed by atoms with Gasteiger partial charge < -0.3 is 10.1 Å². The van der Waals surface area contributed by atoms with Gasteiger partial charge in [-0.2, -0.15) is 5.10 Å². The van der Waals surface area contributed by atoms with Gasteiger partial charge in [0.15, 0.2) is 6.61 Å². The average molecular weight is 411 g/mol. The number of benzene rings is 1. The summed E-state index contributed by atoms with van der Waals surface area (Å²) >= 11 is 0. The highest BCUT2D eigenvalue weighted by Gasteiger charge is 2.30. The number of aromatic nitrogens is 2. The van der Waals surface area contributed by atoms with E-state index in [1.54, 1.807) is 0 Å². The lowest BCUT2D eigenvalue weighted by Gasteiger charge is -2.39. The van der Waals surface area contributed by atoms with Gasteiger partial charge in [0.1, 0.15) is 5.75 Å². The molecule has 6 heteroatoms. The molecule has 2 aliphatic heterocycles. The number of likely N-dealkylation sites (tertiary alicyclic amines) is 1. The van der Waals surface area contributed by atoms with Crippen LogP contribution in [0.4, 0.5) is 0 Å². The molecule has 0 unspecified atom stereocenters. The summed E-state index contributed by atoms with van der Waals surface area (Å²) in [6.45, 7) is 8.20. The van der Waals surface area contributed by atoms with Crippen molar-refractivity contribution in [1.82, 2.24) is 20.0 Å². The number of nitrogens with zero attached hydrogens (tertiary/aromatic N) is 3. The van der Waals surface area contributed by atoms with Crippen molar-refractivity contribution in [2.45, 2.75) is 65.1 Å². The Hall–Kier alpha value is -2.34. The zero-order valence-corrected chi connectivity index (χ0v) is 18.3. The van der Waals surface area contributed by atoms with Crippen LogP contribution in [0.25, 0.3) is 0 Å². The second-order valence-electron chi connectivity index (χ2n) is 8.70. The van der Waals surface area contributed by atoms with Crippen molar-refractivity contribution in [3.63, 3.8) is 0 Å². The Labute approximate surface area is 179 Å². The molecular weight excluding hydrogens is 376 g/mol. The van der Waals surface area contributed by atoms with Crippen LogP contribution in [0.1, 0.15) is 49.4 Å². The molecule has 0 radical (unpaired) electrons. The number of ether oxygens (including phenoxy) is 1. The van der Waals surface area contributed by atoms with E-state index in [9.17, 15) is 4.79 Å². The van der Waals surface area contributed by atoms with Gasteiger partial charge in [-0.05, 0) is 57.1 Å². The highest BCUT2D eigenvalue weighted by atomic mass is 16.5. The minimum atomic E-state index is -0.00565. The molecule has 0 spiro atoms. The van der Waals surface area contributed by atoms with E-state index in [-0.39, 0.29) is 18.6 Å². The summed E-state index contributed by atoms with van der Waals surface area (Å²) in [6, 6.07) is 8.35. The molecule has 0 saturated carbocycles. The lowest BCUT2D eigenvalue weighted by atomic mass is 9.87. The molecule has 0 aliphatic carbocycles. The van der Waals surface area contributed by atoms with Crippen LogP contribution >= 0.6 is 0 Å². The fourth-order valence-corrected chi connectivity index (χ4v) is 4.82. The minimum Gasteiger partial charge on any atom is -0.483 e. The normalized spacial score (nSPS) is 23.3. The van der Waals surface area contributed by atoms with E-state index >= 15 is 0 Å². The number of hydrogen-bond acceptors (Lipinski definition) is 4. The van der Waals surface area contributed by atoms with Gasteiger partial charge in [-0.15, -0.1) is 0 Å². The van der Waals surface area contributed by atoms with E-state index in [2.05, 4.69) is 41.4 Å². The number of aryl methyl sites for hydroxylation is 3. The predicted molar refractivity (Wildman–Crippen MR) is 117 cm³/mol. The monoisotopic (exact) mass is 410 g/mol. The third kappa shape index (κ3) is 5.04. The summed E-state index contributed by atoms with van der Waals surface area (Å²) in [6.07, 6.45) is 7.66. The molecule has 1 N–H and O–H groups in total. The van der Waals surface area contributed by atoms with Gasteiger partial charge in [-0.3, -0.25) is 14.4 Å². The number of nitrogens with one attached hydrogen (secondary N) is 1. The lowest BCUT2D eigenvalue weighted by molar-refractivity contribution is -0.124. The lowest BCUT2D eigenvalue weighted by Crippen LogP contribution is -2.51. The number of fused-ring (bicyclic) bond motifs is 2. The fourth-order valence-electron chi connectivity index (χ4n) is 4.82. The van der Waals surface area contributed by atoms with E-state index < -0.39 is 0 Å². The third-order valence-electron chi connectivity index (χ3n) is 6.53. The fraction of sp³-hybridized carbons (Fsp3) is 0.583. The number of rotatable bonds is 3. The average Bonchev–Trinajstić information content (AvgIpc) is 3.10. The van der Waals surface area contributed by atoms with Crippen molar-refractivity contribution in [2.75, 3.05) is 19.7 Å². The summed E-state index contributed by atoms with van der Waals surface area (Å²) in [5.74, 6) is 1.33. The van der Waals surface area contributed by atoms with Gasteiger partial charge >= 0.3 is 0 Å². The van der Waals surface area contributed by atoms with Crippen LogP contribution in [-0.2, 0) is 24.3 Å². The van der Waals surface area contributed by atoms with Crippen molar-refractivity contribution >= 4 is 5.91 Å². The van der Waals surface area contributed by atoms with Gasteiger partial charge in [0.05, 0.1) is 5.69 Å². The number of para-hydroxylation sites is 1. The summed E-state index contributed by atoms with van der Waals surface area (Å²) in [5, 5.41) is 7.86. The first kappa shape index (κ1) is 20.9. The standard InChI is InChI=1S/C24H34N4O2/c1-3-28-16-21(18(2)26-28)15-27-13-12-22-20(14-27)10-5-4-8-19-9-6-7-11-23(19)30-17-24(29)25-22/h6-7,9,11,16,20,22H,3-5,8,10,12-15,17H2,1-2H3,(H,25,29)/t20-,22+/m0/s1. The Kier molecular flexibility index (Phi) is 6.72. The molecule has 2 aromatic rings. The van der Waals surface area contributed by atoms with Crippen LogP contribution in [0.3, 0.4) is 0 Å². The first-order valence-electron chi connectivity index (χ1n) is 11.4. The molecule has 6 nitrogen and oxygen atoms in total. The van der Waals surface area contributed by atoms with Gasteiger partial charge in [-0.1, -0.05) is 24.6 Å².